The van der Waals surface area contributed by atoms with E-state index >= 15 is 0 Å². The van der Waals surface area contributed by atoms with E-state index in [1.807, 2.05) is 98.1 Å². The number of benzene rings is 2. The number of hydrogen-bond acceptors (Lipinski definition) is 21. The van der Waals surface area contributed by atoms with Crippen LogP contribution >= 0.6 is 12.4 Å². The summed E-state index contributed by atoms with van der Waals surface area (Å²) >= 11 is 0. The number of amides is 3. The molecular formula is C89H123ClF6N16O10. The number of anilines is 4. The molecule has 668 valence electrons. The molecule has 8 aliphatic heterocycles. The highest BCUT2D eigenvalue weighted by atomic mass is 35.5. The van der Waals surface area contributed by atoms with Crippen LogP contribution in [0, 0.1) is 10.8 Å². The molecule has 0 spiro atoms. The number of rotatable bonds is 11. The summed E-state index contributed by atoms with van der Waals surface area (Å²) < 4.78 is 122. The van der Waals surface area contributed by atoms with Gasteiger partial charge in [0.2, 0.25) is 0 Å². The SMILES string of the molecule is CC(C)c1ncc(N2CCN(C3CC3)CC2)cc1-c1c2c3cc(ccc3n1CC(F)(F)F)N1CCO[C@@H](C[C@H](N)C(=O)N3CCC[C@H](N3)C(=O)OCC(C)(C)C2)C1.CC(C)c1ncc(N2CCN(C3CC3)CC2)cc1-c1c2c3cc(ccc3n1CC(F)(F)F)N1CCO[C@@H](C[C@H](NC(=O)OC(C)(C)C)C(=O)N3CCC[C@H](N3)C(=O)OCC(C)(C)C2)C1.Cl. The molecule has 4 aromatic heterocycles. The minimum atomic E-state index is -4.55. The van der Waals surface area contributed by atoms with Gasteiger partial charge in [-0.2, -0.15) is 26.3 Å². The Morgan fingerprint density at radius 3 is 1.38 bits per heavy atom. The van der Waals surface area contributed by atoms with Crippen LogP contribution in [-0.2, 0) is 68.8 Å². The van der Waals surface area contributed by atoms with Gasteiger partial charge < -0.3 is 63.5 Å². The predicted octanol–water partition coefficient (Wildman–Crippen LogP) is 12.4. The maximum Gasteiger partial charge on any atom is 0.408 e. The number of fused-ring (bicyclic) bond motifs is 12. The van der Waals surface area contributed by atoms with Crippen molar-refractivity contribution >= 4 is 86.8 Å². The Kier molecular flexibility index (Phi) is 26.8. The average molecular weight is 1730 g/mol. The van der Waals surface area contributed by atoms with E-state index in [1.54, 1.807) is 32.9 Å². The molecular weight excluding hydrogens is 1600 g/mol. The monoisotopic (exact) mass is 1720 g/mol. The number of carbonyl (C=O) groups excluding carboxylic acids is 5. The van der Waals surface area contributed by atoms with Crippen molar-refractivity contribution < 1.29 is 74.0 Å². The van der Waals surface area contributed by atoms with Crippen molar-refractivity contribution in [2.24, 2.45) is 16.6 Å². The standard InChI is InChI=1S/C47H65F3N8O6.C42H57F3N8O4.ClH/c1-29(2)40-35(22-32(25-51-40)55-17-15-54(16-18-55)30-10-11-30)41-36-24-46(6,7)28-63-43(60)37-9-8-14-58(53-37)42(59)38(52-44(61)64-45(3,4)5)23-33-26-56(19-20-62-33)31-12-13-39(34(36)21-31)57(41)27-47(48,49)50;1-26(2)37-32(19-29(22-47-37)50-14-12-49(13-15-50)27-7-8-27)38-33-21-41(3,4)25-57-40(55)35-6-5-11-53(48-35)39(54)34(46)20-30-23-51(16-17-56-30)28-9-10-36(31(33)18-28)52(38)24-42(43,44)45;/h12-13,21-22,25,29-30,33,37-38,53H,8-11,14-20,23-24,26-28H2,1-7H3,(H,52,61);9-10,18-19,22,26-27,30,34-35,48H,5-8,11-17,20-21,23-25,46H2,1-4H3;1H/t33-,37-,38-;30-,34-,35-;/m00./s1. The summed E-state index contributed by atoms with van der Waals surface area (Å²) in [7, 11) is 0. The Hall–Kier alpha value is -8.24. The number of nitrogens with zero attached hydrogens (tertiary/aromatic N) is 12. The Morgan fingerprint density at radius 1 is 0.557 bits per heavy atom. The third kappa shape index (κ3) is 21.1. The fraction of sp³-hybridized carbons (Fsp3) is 0.652. The lowest BCUT2D eigenvalue weighted by Gasteiger charge is -2.38. The maximum absolute atomic E-state index is 14.9. The summed E-state index contributed by atoms with van der Waals surface area (Å²) in [5.74, 6) is -1.94. The number of piperazine rings is 2. The summed E-state index contributed by atoms with van der Waals surface area (Å²) in [5.41, 5.74) is 19.9. The molecule has 10 aliphatic rings. The smallest absolute Gasteiger partial charge is 0.408 e. The first-order valence-electron chi connectivity index (χ1n) is 43.7. The number of nitrogens with two attached hydrogens (primary N) is 1. The Labute approximate surface area is 717 Å². The van der Waals surface area contributed by atoms with Crippen LogP contribution in [0.4, 0.5) is 53.9 Å². The molecule has 5 N–H and O–H groups in total. The van der Waals surface area contributed by atoms with Gasteiger partial charge in [-0.05, 0) is 163 Å². The van der Waals surface area contributed by atoms with E-state index in [4.69, 9.17) is 39.4 Å². The van der Waals surface area contributed by atoms with Gasteiger partial charge in [0.1, 0.15) is 36.8 Å². The van der Waals surface area contributed by atoms with Crippen molar-refractivity contribution in [1.82, 2.24) is 55.1 Å². The highest BCUT2D eigenvalue weighted by Gasteiger charge is 2.44. The Balaban J connectivity index is 0.000000199. The second-order valence-corrected chi connectivity index (χ2v) is 38.2. The highest BCUT2D eigenvalue weighted by Crippen LogP contribution is 2.48. The van der Waals surface area contributed by atoms with Crippen LogP contribution in [0.1, 0.15) is 175 Å². The van der Waals surface area contributed by atoms with Crippen molar-refractivity contribution in [3.63, 3.8) is 0 Å². The molecule has 3 amide bonds. The second-order valence-electron chi connectivity index (χ2n) is 38.2. The Morgan fingerprint density at radius 2 is 0.975 bits per heavy atom. The van der Waals surface area contributed by atoms with Crippen molar-refractivity contribution in [3.8, 4) is 22.5 Å². The number of alkyl carbamates (subject to hydrolysis) is 1. The van der Waals surface area contributed by atoms with Crippen LogP contribution in [-0.4, -0.2) is 253 Å². The van der Waals surface area contributed by atoms with Gasteiger partial charge in [0.25, 0.3) is 11.8 Å². The van der Waals surface area contributed by atoms with Crippen LogP contribution in [0.5, 0.6) is 0 Å². The van der Waals surface area contributed by atoms with Crippen LogP contribution in [0.3, 0.4) is 0 Å². The van der Waals surface area contributed by atoms with E-state index in [1.165, 1.54) is 44.8 Å². The third-order valence-electron chi connectivity index (χ3n) is 25.2. The van der Waals surface area contributed by atoms with Gasteiger partial charge in [-0.3, -0.25) is 49.0 Å². The van der Waals surface area contributed by atoms with Gasteiger partial charge in [-0.1, -0.05) is 55.4 Å². The molecule has 2 aliphatic carbocycles. The minimum Gasteiger partial charge on any atom is -0.464 e. The van der Waals surface area contributed by atoms with Crippen LogP contribution in [0.25, 0.3) is 44.3 Å². The summed E-state index contributed by atoms with van der Waals surface area (Å²) in [6, 6.07) is 13.2. The molecule has 26 nitrogen and oxygen atoms in total. The molecule has 6 saturated heterocycles. The molecule has 16 rings (SSSR count). The molecule has 12 bridgehead atoms. The molecule has 33 heteroatoms. The van der Waals surface area contributed by atoms with Crippen LogP contribution in [0.15, 0.2) is 60.9 Å². The van der Waals surface area contributed by atoms with E-state index < -0.39 is 96.1 Å². The Bertz CT molecular complexity index is 4780. The number of cyclic esters (lactones) is 2. The summed E-state index contributed by atoms with van der Waals surface area (Å²) in [6.07, 6.45) is 1.04. The molecule has 12 heterocycles. The number of halogens is 7. The number of hydrogen-bond donors (Lipinski definition) is 4. The fourth-order valence-electron chi connectivity index (χ4n) is 18.9. The molecule has 2 aromatic carbocycles. The zero-order valence-electron chi connectivity index (χ0n) is 72.4. The van der Waals surface area contributed by atoms with Crippen molar-refractivity contribution in [2.75, 3.05) is 138 Å². The molecule has 122 heavy (non-hydrogen) atoms. The normalized spacial score (nSPS) is 24.6. The lowest BCUT2D eigenvalue weighted by atomic mass is 9.84. The second kappa shape index (κ2) is 36.4. The zero-order chi connectivity index (χ0) is 85.9. The van der Waals surface area contributed by atoms with Gasteiger partial charge in [0, 0.05) is 165 Å². The number of esters is 2. The number of alkyl halides is 6. The van der Waals surface area contributed by atoms with Gasteiger partial charge in [-0.15, -0.1) is 12.4 Å². The molecule has 2 saturated carbocycles. The molecule has 8 fully saturated rings. The molecule has 0 radical (unpaired) electrons. The van der Waals surface area contributed by atoms with Crippen molar-refractivity contribution in [2.45, 2.75) is 245 Å². The lowest BCUT2D eigenvalue weighted by Crippen LogP contribution is -2.61. The van der Waals surface area contributed by atoms with Gasteiger partial charge in [0.05, 0.1) is 91.2 Å². The highest BCUT2D eigenvalue weighted by molar-refractivity contribution is 5.97. The quantitative estimate of drug-likeness (QED) is 0.0534. The molecule has 6 aromatic rings. The summed E-state index contributed by atoms with van der Waals surface area (Å²) in [6.45, 7) is 29.1. The van der Waals surface area contributed by atoms with Crippen LogP contribution < -0.4 is 41.5 Å². The summed E-state index contributed by atoms with van der Waals surface area (Å²) in [4.78, 5) is 92.2. The molecule has 6 atom stereocenters. The van der Waals surface area contributed by atoms with Crippen molar-refractivity contribution in [1.29, 1.82) is 0 Å². The molecule has 0 unspecified atom stereocenters. The van der Waals surface area contributed by atoms with Gasteiger partial charge in [0.15, 0.2) is 0 Å². The van der Waals surface area contributed by atoms with Crippen LogP contribution in [0.2, 0.25) is 0 Å². The topological polar surface area (TPSA) is 255 Å². The zero-order valence-corrected chi connectivity index (χ0v) is 73.2. The average Bonchev–Trinajstić information content (AvgIpc) is 1.58. The first kappa shape index (κ1) is 90.0. The predicted molar refractivity (Wildman–Crippen MR) is 458 cm³/mol. The number of hydrazine groups is 2. The number of ether oxygens (including phenoxy) is 5. The first-order chi connectivity index (χ1) is 57.4. The lowest BCUT2D eigenvalue weighted by molar-refractivity contribution is -0.156. The fourth-order valence-corrected chi connectivity index (χ4v) is 18.9. The van der Waals surface area contributed by atoms with Gasteiger partial charge in [-0.25, -0.2) is 15.6 Å². The van der Waals surface area contributed by atoms with Gasteiger partial charge >= 0.3 is 30.4 Å². The minimum absolute atomic E-state index is 0. The van der Waals surface area contributed by atoms with E-state index in [9.17, 15) is 50.3 Å². The van der Waals surface area contributed by atoms with Crippen molar-refractivity contribution in [3.05, 3.63) is 83.4 Å². The first-order valence-corrected chi connectivity index (χ1v) is 43.7. The largest absolute Gasteiger partial charge is 0.464 e. The number of carbonyl (C=O) groups is 5. The summed E-state index contributed by atoms with van der Waals surface area (Å²) in [5, 5.41) is 6.97. The number of morpholine rings is 2. The maximum atomic E-state index is 14.9. The van der Waals surface area contributed by atoms with E-state index in [0.717, 1.165) is 91.9 Å². The van der Waals surface area contributed by atoms with E-state index in [0.29, 0.717) is 147 Å². The number of pyridine rings is 2. The van der Waals surface area contributed by atoms with E-state index in [2.05, 4.69) is 51.6 Å². The van der Waals surface area contributed by atoms with E-state index in [-0.39, 0.29) is 68.7 Å². The third-order valence-corrected chi connectivity index (χ3v) is 25.2. The number of aromatic nitrogens is 4. The number of nitrogens with one attached hydrogen (secondary N) is 3.